The lowest BCUT2D eigenvalue weighted by molar-refractivity contribution is -0.169. The number of benzene rings is 2. The molecule has 1 unspecified atom stereocenters. The van der Waals surface area contributed by atoms with Gasteiger partial charge in [0.05, 0.1) is 12.0 Å². The molecule has 0 aromatic heterocycles. The Morgan fingerprint density at radius 1 is 1.06 bits per heavy atom. The molecule has 2 aliphatic rings. The first kappa shape index (κ1) is 21.1. The number of rotatable bonds is 5. The van der Waals surface area contributed by atoms with E-state index in [0.29, 0.717) is 13.1 Å². The van der Waals surface area contributed by atoms with E-state index in [2.05, 4.69) is 36.5 Å². The van der Waals surface area contributed by atoms with Gasteiger partial charge in [0.1, 0.15) is 11.9 Å². The van der Waals surface area contributed by atoms with Gasteiger partial charge in [0, 0.05) is 13.1 Å². The van der Waals surface area contributed by atoms with Crippen LogP contribution in [0.25, 0.3) is 0 Å². The molecule has 2 aromatic rings. The normalized spacial score (nSPS) is 21.3. The van der Waals surface area contributed by atoms with Gasteiger partial charge in [-0.2, -0.15) is 5.01 Å². The van der Waals surface area contributed by atoms with Gasteiger partial charge < -0.3 is 16.2 Å². The minimum absolute atomic E-state index is 0.0864. The summed E-state index contributed by atoms with van der Waals surface area (Å²) >= 11 is 0. The highest BCUT2D eigenvalue weighted by molar-refractivity contribution is 6.04. The van der Waals surface area contributed by atoms with Crippen molar-refractivity contribution in [2.45, 2.75) is 31.3 Å². The van der Waals surface area contributed by atoms with Crippen LogP contribution in [0, 0.1) is 0 Å². The molecule has 2 aromatic carbocycles. The van der Waals surface area contributed by atoms with Crippen molar-refractivity contribution in [3.8, 4) is 0 Å². The second-order valence-corrected chi connectivity index (χ2v) is 8.13. The standard InChI is InChI=1S/C24H28N4O3/c1-24(17-10-4-2-5-11-17,18-12-6-3-7-13-18)23-26-20(21(30)19(29)16-25)22(31)27-14-8-9-15-28(23)27/h2-7,10-13,23,26,30H,8-9,14-16,25H2,1H3/b21-20+. The summed E-state index contributed by atoms with van der Waals surface area (Å²) in [6.07, 6.45) is 1.41. The molecule has 1 atom stereocenters. The van der Waals surface area contributed by atoms with Crippen molar-refractivity contribution in [1.29, 1.82) is 0 Å². The Morgan fingerprint density at radius 2 is 1.61 bits per heavy atom. The third-order valence-corrected chi connectivity index (χ3v) is 6.32. The number of fused-ring (bicyclic) bond motifs is 1. The Bertz CT molecular complexity index is 951. The van der Waals surface area contributed by atoms with Gasteiger partial charge >= 0.3 is 0 Å². The van der Waals surface area contributed by atoms with Gasteiger partial charge in [-0.1, -0.05) is 60.7 Å². The third kappa shape index (κ3) is 3.60. The van der Waals surface area contributed by atoms with E-state index in [9.17, 15) is 14.7 Å². The van der Waals surface area contributed by atoms with E-state index >= 15 is 0 Å². The number of carbonyl (C=O) groups excluding carboxylic acids is 2. The van der Waals surface area contributed by atoms with Crippen LogP contribution in [0.1, 0.15) is 30.9 Å². The zero-order valence-electron chi connectivity index (χ0n) is 17.6. The van der Waals surface area contributed by atoms with Gasteiger partial charge in [0.2, 0.25) is 5.78 Å². The smallest absolute Gasteiger partial charge is 0.288 e. The van der Waals surface area contributed by atoms with Crippen molar-refractivity contribution >= 4 is 11.7 Å². The van der Waals surface area contributed by atoms with E-state index in [-0.39, 0.29) is 12.2 Å². The van der Waals surface area contributed by atoms with Crippen LogP contribution in [0.2, 0.25) is 0 Å². The first-order valence-electron chi connectivity index (χ1n) is 10.6. The number of amides is 1. The fraction of sp³-hybridized carbons (Fsp3) is 0.333. The molecule has 0 spiro atoms. The highest BCUT2D eigenvalue weighted by atomic mass is 16.3. The van der Waals surface area contributed by atoms with Crippen LogP contribution in [0.3, 0.4) is 0 Å². The van der Waals surface area contributed by atoms with E-state index in [4.69, 9.17) is 5.73 Å². The number of nitrogens with one attached hydrogen (secondary N) is 1. The lowest BCUT2D eigenvalue weighted by atomic mass is 9.72. The second kappa shape index (κ2) is 8.53. The number of aliphatic hydroxyl groups excluding tert-OH is 1. The maximum absolute atomic E-state index is 13.2. The van der Waals surface area contributed by atoms with Crippen molar-refractivity contribution in [2.75, 3.05) is 19.6 Å². The number of nitrogens with zero attached hydrogens (tertiary/aromatic N) is 2. The molecule has 2 heterocycles. The highest BCUT2D eigenvalue weighted by Crippen LogP contribution is 2.40. The van der Waals surface area contributed by atoms with Crippen LogP contribution in [-0.2, 0) is 15.0 Å². The maximum Gasteiger partial charge on any atom is 0.288 e. The minimum Gasteiger partial charge on any atom is -0.503 e. The number of nitrogens with two attached hydrogens (primary N) is 1. The molecule has 162 valence electrons. The molecule has 0 aliphatic carbocycles. The molecule has 0 bridgehead atoms. The molecule has 2 aliphatic heterocycles. The number of Topliss-reactive ketones (excluding diaryl/α,β-unsaturated/α-hetero) is 1. The quantitative estimate of drug-likeness (QED) is 0.506. The van der Waals surface area contributed by atoms with Gasteiger partial charge in [-0.15, -0.1) is 0 Å². The summed E-state index contributed by atoms with van der Waals surface area (Å²) in [5, 5.41) is 17.5. The van der Waals surface area contributed by atoms with Gasteiger partial charge in [-0.25, -0.2) is 0 Å². The molecule has 4 N–H and O–H groups in total. The number of carbonyl (C=O) groups is 2. The minimum atomic E-state index is -0.666. The Kier molecular flexibility index (Phi) is 5.80. The van der Waals surface area contributed by atoms with Crippen molar-refractivity contribution in [1.82, 2.24) is 15.3 Å². The van der Waals surface area contributed by atoms with Gasteiger partial charge in [-0.3, -0.25) is 14.6 Å². The lowest BCUT2D eigenvalue weighted by Crippen LogP contribution is -2.70. The van der Waals surface area contributed by atoms with Crippen molar-refractivity contribution in [3.05, 3.63) is 83.2 Å². The highest BCUT2D eigenvalue weighted by Gasteiger charge is 2.49. The van der Waals surface area contributed by atoms with Crippen LogP contribution in [0.4, 0.5) is 0 Å². The fourth-order valence-corrected chi connectivity index (χ4v) is 4.57. The molecule has 7 heteroatoms. The molecule has 0 saturated carbocycles. The molecule has 0 radical (unpaired) electrons. The topological polar surface area (TPSA) is 98.9 Å². The fourth-order valence-electron chi connectivity index (χ4n) is 4.57. The van der Waals surface area contributed by atoms with E-state index < -0.39 is 29.0 Å². The molecule has 2 saturated heterocycles. The molecule has 31 heavy (non-hydrogen) atoms. The summed E-state index contributed by atoms with van der Waals surface area (Å²) in [6.45, 7) is 2.98. The number of ketones is 1. The van der Waals surface area contributed by atoms with Crippen LogP contribution < -0.4 is 11.1 Å². The SMILES string of the molecule is CC(c1ccccc1)(c1ccccc1)C1N/C(=C(/O)C(=O)CN)C(=O)N2CCCCN12. The Morgan fingerprint density at radius 3 is 2.16 bits per heavy atom. The molecular formula is C24H28N4O3. The Hall–Kier alpha value is -3.16. The largest absolute Gasteiger partial charge is 0.503 e. The zero-order valence-corrected chi connectivity index (χ0v) is 17.6. The first-order chi connectivity index (χ1) is 15.0. The van der Waals surface area contributed by atoms with Crippen LogP contribution in [0.5, 0.6) is 0 Å². The van der Waals surface area contributed by atoms with E-state index in [0.717, 1.165) is 24.0 Å². The predicted octanol–water partition coefficient (Wildman–Crippen LogP) is 2.06. The molecule has 1 amide bonds. The van der Waals surface area contributed by atoms with Crippen molar-refractivity contribution in [2.24, 2.45) is 5.73 Å². The van der Waals surface area contributed by atoms with Crippen LogP contribution in [-0.4, -0.2) is 52.6 Å². The number of aliphatic hydroxyl groups is 1. The molecular weight excluding hydrogens is 392 g/mol. The second-order valence-electron chi connectivity index (χ2n) is 8.13. The summed E-state index contributed by atoms with van der Waals surface area (Å²) in [5.74, 6) is -1.67. The van der Waals surface area contributed by atoms with Gasteiger partial charge in [0.25, 0.3) is 5.91 Å². The maximum atomic E-state index is 13.2. The number of hydrazine groups is 1. The van der Waals surface area contributed by atoms with E-state index in [1.807, 2.05) is 41.4 Å². The Balaban J connectivity index is 1.90. The van der Waals surface area contributed by atoms with Gasteiger partial charge in [-0.05, 0) is 30.9 Å². The molecule has 4 rings (SSSR count). The lowest BCUT2D eigenvalue weighted by Gasteiger charge is -2.54. The third-order valence-electron chi connectivity index (χ3n) is 6.32. The summed E-state index contributed by atoms with van der Waals surface area (Å²) in [6, 6.07) is 20.2. The first-order valence-corrected chi connectivity index (χ1v) is 10.6. The van der Waals surface area contributed by atoms with Gasteiger partial charge in [0.15, 0.2) is 5.76 Å². The van der Waals surface area contributed by atoms with Crippen molar-refractivity contribution < 1.29 is 14.7 Å². The summed E-state index contributed by atoms with van der Waals surface area (Å²) in [4.78, 5) is 25.3. The van der Waals surface area contributed by atoms with E-state index in [1.165, 1.54) is 0 Å². The van der Waals surface area contributed by atoms with E-state index in [1.54, 1.807) is 5.01 Å². The summed E-state index contributed by atoms with van der Waals surface area (Å²) in [7, 11) is 0. The predicted molar refractivity (Wildman–Crippen MR) is 118 cm³/mol. The summed E-state index contributed by atoms with van der Waals surface area (Å²) < 4.78 is 0. The molecule has 7 nitrogen and oxygen atoms in total. The average Bonchev–Trinajstić information content (AvgIpc) is 2.84. The van der Waals surface area contributed by atoms with Crippen LogP contribution in [0.15, 0.2) is 72.1 Å². The van der Waals surface area contributed by atoms with Crippen LogP contribution >= 0.6 is 0 Å². The number of hydrogen-bond donors (Lipinski definition) is 3. The monoisotopic (exact) mass is 420 g/mol. The average molecular weight is 421 g/mol. The molecule has 2 fully saturated rings. The Labute approximate surface area is 182 Å². The zero-order chi connectivity index (χ0) is 22.0. The summed E-state index contributed by atoms with van der Waals surface area (Å²) in [5.41, 5.74) is 6.89. The number of hydrogen-bond acceptors (Lipinski definition) is 6. The van der Waals surface area contributed by atoms with Crippen molar-refractivity contribution in [3.63, 3.8) is 0 Å².